The van der Waals surface area contributed by atoms with Crippen LogP contribution in [0.2, 0.25) is 0 Å². The number of para-hydroxylation sites is 1. The number of nitrogens with one attached hydrogen (secondary N) is 1. The predicted molar refractivity (Wildman–Crippen MR) is 87.2 cm³/mol. The maximum Gasteiger partial charge on any atom is 0.190 e. The fraction of sp³-hybridized carbons (Fsp3) is 0. The summed E-state index contributed by atoms with van der Waals surface area (Å²) in [6, 6.07) is 12.4. The molecule has 0 atom stereocenters. The maximum atomic E-state index is 13.7. The average Bonchev–Trinajstić information content (AvgIpc) is 3.10. The van der Waals surface area contributed by atoms with Crippen LogP contribution in [-0.2, 0) is 0 Å². The van der Waals surface area contributed by atoms with Crippen molar-refractivity contribution in [1.82, 2.24) is 9.97 Å². The molecule has 0 bridgehead atoms. The van der Waals surface area contributed by atoms with Crippen molar-refractivity contribution in [3.05, 3.63) is 47.8 Å². The molecule has 0 spiro atoms. The molecule has 0 amide bonds. The molecule has 4 rings (SSSR count). The van der Waals surface area contributed by atoms with Crippen molar-refractivity contribution in [1.29, 1.82) is 5.26 Å². The summed E-state index contributed by atoms with van der Waals surface area (Å²) in [5.41, 5.74) is 1.78. The van der Waals surface area contributed by atoms with E-state index >= 15 is 0 Å². The minimum Gasteiger partial charge on any atom is -0.307 e. The number of halogens is 1. The molecule has 2 heterocycles. The highest BCUT2D eigenvalue weighted by Gasteiger charge is 2.10. The minimum absolute atomic E-state index is 0.329. The first-order valence-electron chi connectivity index (χ1n) is 6.36. The van der Waals surface area contributed by atoms with Gasteiger partial charge in [0.2, 0.25) is 0 Å². The normalized spacial score (nSPS) is 10.9. The molecular formula is C15H7FN4S2. The second-order valence-corrected chi connectivity index (χ2v) is 6.61. The summed E-state index contributed by atoms with van der Waals surface area (Å²) in [5.74, 6) is -0.329. The van der Waals surface area contributed by atoms with Crippen LogP contribution in [0.4, 0.5) is 14.7 Å². The van der Waals surface area contributed by atoms with Gasteiger partial charge in [-0.15, -0.1) is 0 Å². The Hall–Kier alpha value is -2.56. The van der Waals surface area contributed by atoms with Crippen LogP contribution in [0.5, 0.6) is 0 Å². The topological polar surface area (TPSA) is 61.6 Å². The lowest BCUT2D eigenvalue weighted by atomic mass is 10.2. The predicted octanol–water partition coefficient (Wildman–Crippen LogP) is 4.66. The molecule has 4 aromatic rings. The molecule has 0 fully saturated rings. The van der Waals surface area contributed by atoms with Crippen molar-refractivity contribution >= 4 is 53.4 Å². The van der Waals surface area contributed by atoms with Gasteiger partial charge in [0.15, 0.2) is 10.3 Å². The fourth-order valence-corrected chi connectivity index (χ4v) is 3.96. The minimum atomic E-state index is -0.329. The van der Waals surface area contributed by atoms with Crippen molar-refractivity contribution in [3.8, 4) is 6.07 Å². The molecule has 1 N–H and O–H groups in total. The summed E-state index contributed by atoms with van der Waals surface area (Å²) in [6.45, 7) is 0. The van der Waals surface area contributed by atoms with Crippen molar-refractivity contribution in [3.63, 3.8) is 0 Å². The second kappa shape index (κ2) is 5.02. The smallest absolute Gasteiger partial charge is 0.190 e. The highest BCUT2D eigenvalue weighted by atomic mass is 32.1. The van der Waals surface area contributed by atoms with Gasteiger partial charge in [-0.3, -0.25) is 0 Å². The summed E-state index contributed by atoms with van der Waals surface area (Å²) in [5, 5.41) is 13.3. The lowest BCUT2D eigenvalue weighted by molar-refractivity contribution is 0.637. The molecule has 0 aliphatic carbocycles. The Kier molecular flexibility index (Phi) is 2.99. The Balaban J connectivity index is 1.72. The zero-order valence-electron chi connectivity index (χ0n) is 11.0. The second-order valence-electron chi connectivity index (χ2n) is 4.54. The first-order chi connectivity index (χ1) is 10.7. The van der Waals surface area contributed by atoms with Crippen molar-refractivity contribution < 1.29 is 4.39 Å². The molecule has 0 unspecified atom stereocenters. The number of hydrogen-bond acceptors (Lipinski definition) is 6. The molecule has 0 aliphatic rings. The summed E-state index contributed by atoms with van der Waals surface area (Å²) in [7, 11) is 0. The largest absolute Gasteiger partial charge is 0.307 e. The van der Waals surface area contributed by atoms with Gasteiger partial charge in [0.05, 0.1) is 26.5 Å². The van der Waals surface area contributed by atoms with Gasteiger partial charge >= 0.3 is 0 Å². The van der Waals surface area contributed by atoms with Gasteiger partial charge < -0.3 is 5.32 Å². The van der Waals surface area contributed by atoms with E-state index in [9.17, 15) is 4.39 Å². The van der Waals surface area contributed by atoms with Gasteiger partial charge in [0.1, 0.15) is 11.3 Å². The van der Waals surface area contributed by atoms with Crippen molar-refractivity contribution in [2.45, 2.75) is 0 Å². The Morgan fingerprint density at radius 2 is 1.86 bits per heavy atom. The van der Waals surface area contributed by atoms with E-state index in [1.54, 1.807) is 18.2 Å². The van der Waals surface area contributed by atoms with Crippen LogP contribution in [0.25, 0.3) is 20.4 Å². The summed E-state index contributed by atoms with van der Waals surface area (Å²) < 4.78 is 15.4. The molecule has 4 nitrogen and oxygen atoms in total. The number of anilines is 2. The van der Waals surface area contributed by atoms with Crippen LogP contribution in [0, 0.1) is 17.1 Å². The standard InChI is InChI=1S/C15H7FN4S2/c16-9-2-1-3-11-13(9)19-15(21-11)20-14-18-10-5-4-8(7-17)6-12(10)22-14/h1-6H,(H,18,19,20). The number of nitrogens with zero attached hydrogens (tertiary/aromatic N) is 3. The molecule has 106 valence electrons. The molecule has 22 heavy (non-hydrogen) atoms. The maximum absolute atomic E-state index is 13.7. The van der Waals surface area contributed by atoms with Crippen LogP contribution in [-0.4, -0.2) is 9.97 Å². The quantitative estimate of drug-likeness (QED) is 0.582. The van der Waals surface area contributed by atoms with Gasteiger partial charge in [0.25, 0.3) is 0 Å². The molecule has 2 aromatic heterocycles. The molecule has 0 saturated heterocycles. The first-order valence-corrected chi connectivity index (χ1v) is 7.99. The van der Waals surface area contributed by atoms with E-state index in [1.165, 1.54) is 28.7 Å². The number of hydrogen-bond donors (Lipinski definition) is 1. The van der Waals surface area contributed by atoms with E-state index in [0.29, 0.717) is 21.3 Å². The van der Waals surface area contributed by atoms with E-state index in [1.807, 2.05) is 12.1 Å². The third kappa shape index (κ3) is 2.19. The van der Waals surface area contributed by atoms with Gasteiger partial charge in [0, 0.05) is 0 Å². The van der Waals surface area contributed by atoms with Crippen LogP contribution < -0.4 is 5.32 Å². The van der Waals surface area contributed by atoms with E-state index in [4.69, 9.17) is 5.26 Å². The number of fused-ring (bicyclic) bond motifs is 2. The number of nitriles is 1. The highest BCUT2D eigenvalue weighted by molar-refractivity contribution is 7.24. The Morgan fingerprint density at radius 1 is 1.05 bits per heavy atom. The first kappa shape index (κ1) is 13.1. The Bertz CT molecular complexity index is 1040. The molecule has 7 heteroatoms. The molecule has 0 aliphatic heterocycles. The monoisotopic (exact) mass is 326 g/mol. The lowest BCUT2D eigenvalue weighted by Gasteiger charge is -1.93. The van der Waals surface area contributed by atoms with Gasteiger partial charge in [-0.1, -0.05) is 28.7 Å². The molecule has 0 saturated carbocycles. The molecule has 2 aromatic carbocycles. The number of thiazole rings is 2. The Labute approximate surface area is 132 Å². The van der Waals surface area contributed by atoms with Crippen LogP contribution in [0.1, 0.15) is 5.56 Å². The van der Waals surface area contributed by atoms with E-state index in [-0.39, 0.29) is 5.82 Å². The fourth-order valence-electron chi connectivity index (χ4n) is 2.11. The summed E-state index contributed by atoms with van der Waals surface area (Å²) >= 11 is 2.81. The summed E-state index contributed by atoms with van der Waals surface area (Å²) in [6.07, 6.45) is 0. The Morgan fingerprint density at radius 3 is 2.68 bits per heavy atom. The van der Waals surface area contributed by atoms with Gasteiger partial charge in [-0.25, -0.2) is 14.4 Å². The van der Waals surface area contributed by atoms with E-state index < -0.39 is 0 Å². The highest BCUT2D eigenvalue weighted by Crippen LogP contribution is 2.33. The zero-order valence-corrected chi connectivity index (χ0v) is 12.6. The average molecular weight is 326 g/mol. The molecular weight excluding hydrogens is 319 g/mol. The van der Waals surface area contributed by atoms with Crippen molar-refractivity contribution in [2.75, 3.05) is 5.32 Å². The third-order valence-electron chi connectivity index (χ3n) is 3.10. The summed E-state index contributed by atoms with van der Waals surface area (Å²) in [4.78, 5) is 8.71. The van der Waals surface area contributed by atoms with Gasteiger partial charge in [-0.2, -0.15) is 5.26 Å². The molecule has 0 radical (unpaired) electrons. The van der Waals surface area contributed by atoms with Crippen molar-refractivity contribution in [2.24, 2.45) is 0 Å². The van der Waals surface area contributed by atoms with Crippen LogP contribution in [0.3, 0.4) is 0 Å². The SMILES string of the molecule is N#Cc1ccc2nc(Nc3nc4c(F)cccc4s3)sc2c1. The van der Waals surface area contributed by atoms with E-state index in [2.05, 4.69) is 21.4 Å². The van der Waals surface area contributed by atoms with Crippen LogP contribution in [0.15, 0.2) is 36.4 Å². The van der Waals surface area contributed by atoms with E-state index in [0.717, 1.165) is 14.9 Å². The number of rotatable bonds is 2. The third-order valence-corrected chi connectivity index (χ3v) is 4.97. The van der Waals surface area contributed by atoms with Gasteiger partial charge in [-0.05, 0) is 30.3 Å². The zero-order chi connectivity index (χ0) is 15.1. The lowest BCUT2D eigenvalue weighted by Crippen LogP contribution is -1.87. The number of benzene rings is 2. The van der Waals surface area contributed by atoms with Crippen LogP contribution >= 0.6 is 22.7 Å². The number of aromatic nitrogens is 2.